The third-order valence-corrected chi connectivity index (χ3v) is 4.29. The second kappa shape index (κ2) is 8.43. The molecular weight excluding hydrogens is 366 g/mol. The van der Waals surface area contributed by atoms with E-state index in [0.717, 1.165) is 11.3 Å². The third kappa shape index (κ3) is 4.90. The number of benzene rings is 2. The molecule has 29 heavy (non-hydrogen) atoms. The zero-order valence-corrected chi connectivity index (χ0v) is 16.0. The van der Waals surface area contributed by atoms with Crippen LogP contribution in [-0.4, -0.2) is 25.5 Å². The second-order valence-corrected chi connectivity index (χ2v) is 6.67. The van der Waals surface area contributed by atoms with E-state index in [9.17, 15) is 4.79 Å². The first-order chi connectivity index (χ1) is 14.2. The van der Waals surface area contributed by atoms with E-state index in [-0.39, 0.29) is 12.6 Å². The monoisotopic (exact) mass is 387 g/mol. The van der Waals surface area contributed by atoms with E-state index in [1.807, 2.05) is 42.6 Å². The number of ether oxygens (including phenoxy) is 1. The number of aromatic nitrogens is 4. The number of amides is 1. The van der Waals surface area contributed by atoms with E-state index in [1.165, 1.54) is 5.56 Å². The van der Waals surface area contributed by atoms with Crippen LogP contribution < -0.4 is 10.1 Å². The number of rotatable bonds is 7. The lowest BCUT2D eigenvalue weighted by molar-refractivity contribution is 0.101. The van der Waals surface area contributed by atoms with Crippen molar-refractivity contribution in [3.63, 3.8) is 0 Å². The van der Waals surface area contributed by atoms with Gasteiger partial charge in [-0.1, -0.05) is 48.0 Å². The van der Waals surface area contributed by atoms with E-state index in [2.05, 4.69) is 40.6 Å². The molecule has 2 aromatic heterocycles. The van der Waals surface area contributed by atoms with Gasteiger partial charge in [0.1, 0.15) is 5.75 Å². The van der Waals surface area contributed by atoms with Crippen molar-refractivity contribution in [1.29, 1.82) is 0 Å². The van der Waals surface area contributed by atoms with Crippen LogP contribution in [0.5, 0.6) is 5.75 Å². The van der Waals surface area contributed by atoms with Gasteiger partial charge in [-0.05, 0) is 30.7 Å². The predicted molar refractivity (Wildman–Crippen MR) is 110 cm³/mol. The molecule has 0 saturated heterocycles. The van der Waals surface area contributed by atoms with Crippen molar-refractivity contribution < 1.29 is 9.53 Å². The highest BCUT2D eigenvalue weighted by Crippen LogP contribution is 2.11. The molecule has 0 aliphatic rings. The molecular formula is C22H21N5O2. The summed E-state index contributed by atoms with van der Waals surface area (Å²) in [5.74, 6) is 0.912. The van der Waals surface area contributed by atoms with Crippen LogP contribution in [0.4, 0.5) is 5.82 Å². The van der Waals surface area contributed by atoms with Crippen molar-refractivity contribution in [2.75, 3.05) is 5.32 Å². The van der Waals surface area contributed by atoms with E-state index < -0.39 is 0 Å². The van der Waals surface area contributed by atoms with Crippen LogP contribution in [0, 0.1) is 6.92 Å². The predicted octanol–water partition coefficient (Wildman–Crippen LogP) is 3.73. The topological polar surface area (TPSA) is 74.0 Å². The van der Waals surface area contributed by atoms with E-state index in [0.29, 0.717) is 18.1 Å². The Morgan fingerprint density at radius 3 is 2.62 bits per heavy atom. The summed E-state index contributed by atoms with van der Waals surface area (Å²) in [6, 6.07) is 21.1. The number of anilines is 1. The number of nitrogens with one attached hydrogen (secondary N) is 1. The Morgan fingerprint density at radius 2 is 1.79 bits per heavy atom. The van der Waals surface area contributed by atoms with Crippen LogP contribution in [0.25, 0.3) is 0 Å². The van der Waals surface area contributed by atoms with E-state index in [1.54, 1.807) is 27.7 Å². The fourth-order valence-corrected chi connectivity index (χ4v) is 2.91. The van der Waals surface area contributed by atoms with Gasteiger partial charge in [0.2, 0.25) is 0 Å². The van der Waals surface area contributed by atoms with Crippen molar-refractivity contribution in [1.82, 2.24) is 19.6 Å². The van der Waals surface area contributed by atoms with Gasteiger partial charge in [0.25, 0.3) is 5.91 Å². The summed E-state index contributed by atoms with van der Waals surface area (Å²) < 4.78 is 8.98. The van der Waals surface area contributed by atoms with Gasteiger partial charge >= 0.3 is 0 Å². The maximum absolute atomic E-state index is 12.4. The molecule has 2 heterocycles. The number of para-hydroxylation sites is 1. The average Bonchev–Trinajstić information content (AvgIpc) is 3.37. The molecule has 7 nitrogen and oxygen atoms in total. The maximum atomic E-state index is 12.4. The first-order valence-corrected chi connectivity index (χ1v) is 9.27. The fourth-order valence-electron chi connectivity index (χ4n) is 2.91. The molecule has 1 amide bonds. The Morgan fingerprint density at radius 1 is 0.966 bits per heavy atom. The van der Waals surface area contributed by atoms with Gasteiger partial charge in [-0.3, -0.25) is 9.48 Å². The average molecular weight is 387 g/mol. The number of hydrogen-bond acceptors (Lipinski definition) is 4. The summed E-state index contributed by atoms with van der Waals surface area (Å²) >= 11 is 0. The zero-order valence-electron chi connectivity index (χ0n) is 16.0. The molecule has 0 spiro atoms. The van der Waals surface area contributed by atoms with Gasteiger partial charge in [-0.2, -0.15) is 10.2 Å². The van der Waals surface area contributed by atoms with Crippen LogP contribution in [0.15, 0.2) is 79.1 Å². The Kier molecular flexibility index (Phi) is 5.38. The summed E-state index contributed by atoms with van der Waals surface area (Å²) in [5, 5.41) is 11.4. The van der Waals surface area contributed by atoms with Gasteiger partial charge in [-0.15, -0.1) is 0 Å². The number of hydrogen-bond donors (Lipinski definition) is 1. The Balaban J connectivity index is 1.34. The van der Waals surface area contributed by atoms with Crippen molar-refractivity contribution in [3.05, 3.63) is 95.9 Å². The van der Waals surface area contributed by atoms with Crippen molar-refractivity contribution in [2.24, 2.45) is 0 Å². The molecule has 0 fully saturated rings. The summed E-state index contributed by atoms with van der Waals surface area (Å²) in [7, 11) is 0. The van der Waals surface area contributed by atoms with Crippen LogP contribution in [-0.2, 0) is 13.3 Å². The van der Waals surface area contributed by atoms with Crippen molar-refractivity contribution in [3.8, 4) is 5.75 Å². The van der Waals surface area contributed by atoms with Gasteiger partial charge in [0.15, 0.2) is 18.2 Å². The summed E-state index contributed by atoms with van der Waals surface area (Å²) in [6.45, 7) is 2.92. The molecule has 0 radical (unpaired) electrons. The highest BCUT2D eigenvalue weighted by Gasteiger charge is 2.12. The van der Waals surface area contributed by atoms with Gasteiger partial charge in [0.05, 0.1) is 6.54 Å². The molecule has 0 atom stereocenters. The minimum atomic E-state index is -0.315. The first-order valence-electron chi connectivity index (χ1n) is 9.27. The van der Waals surface area contributed by atoms with Crippen molar-refractivity contribution >= 4 is 11.7 Å². The Hall–Kier alpha value is -3.87. The molecule has 0 unspecified atom stereocenters. The molecule has 4 aromatic rings. The minimum Gasteiger partial charge on any atom is -0.471 e. The second-order valence-electron chi connectivity index (χ2n) is 6.67. The number of carbonyl (C=O) groups excluding carboxylic acids is 1. The standard InChI is InChI=1S/C22H21N5O2/c1-17-6-5-7-18(14-17)15-26-13-11-21(25-26)23-22(28)20-10-12-27(24-20)16-29-19-8-3-2-4-9-19/h2-14H,15-16H2,1H3,(H,23,25,28). The molecule has 2 aromatic carbocycles. The number of aryl methyl sites for hydroxylation is 1. The zero-order chi connectivity index (χ0) is 20.1. The molecule has 146 valence electrons. The normalized spacial score (nSPS) is 10.7. The molecule has 0 bridgehead atoms. The molecule has 0 aliphatic heterocycles. The number of nitrogens with zero attached hydrogens (tertiary/aromatic N) is 4. The lowest BCUT2D eigenvalue weighted by Crippen LogP contribution is -2.15. The molecule has 0 aliphatic carbocycles. The molecule has 1 N–H and O–H groups in total. The molecule has 4 rings (SSSR count). The Bertz CT molecular complexity index is 1100. The lowest BCUT2D eigenvalue weighted by atomic mass is 10.1. The van der Waals surface area contributed by atoms with Gasteiger partial charge < -0.3 is 10.1 Å². The summed E-state index contributed by atoms with van der Waals surface area (Å²) in [5.41, 5.74) is 2.66. The number of carbonyl (C=O) groups is 1. The SMILES string of the molecule is Cc1cccc(Cn2ccc(NC(=O)c3ccn(COc4ccccc4)n3)n2)c1. The van der Waals surface area contributed by atoms with Gasteiger partial charge in [0, 0.05) is 18.5 Å². The van der Waals surface area contributed by atoms with Gasteiger partial charge in [-0.25, -0.2) is 4.68 Å². The Labute approximate surface area is 168 Å². The summed E-state index contributed by atoms with van der Waals surface area (Å²) in [6.07, 6.45) is 3.54. The molecule has 7 heteroatoms. The van der Waals surface area contributed by atoms with E-state index in [4.69, 9.17) is 4.74 Å². The van der Waals surface area contributed by atoms with Crippen LogP contribution in [0.1, 0.15) is 21.6 Å². The summed E-state index contributed by atoms with van der Waals surface area (Å²) in [4.78, 5) is 12.4. The van der Waals surface area contributed by atoms with E-state index >= 15 is 0 Å². The van der Waals surface area contributed by atoms with Crippen LogP contribution >= 0.6 is 0 Å². The molecule has 0 saturated carbocycles. The minimum absolute atomic E-state index is 0.225. The fraction of sp³-hybridized carbons (Fsp3) is 0.136. The van der Waals surface area contributed by atoms with Crippen LogP contribution in [0.2, 0.25) is 0 Å². The first kappa shape index (κ1) is 18.5. The highest BCUT2D eigenvalue weighted by molar-refractivity contribution is 6.02. The third-order valence-electron chi connectivity index (χ3n) is 4.29. The highest BCUT2D eigenvalue weighted by atomic mass is 16.5. The largest absolute Gasteiger partial charge is 0.471 e. The van der Waals surface area contributed by atoms with Crippen molar-refractivity contribution in [2.45, 2.75) is 20.2 Å². The quantitative estimate of drug-likeness (QED) is 0.524. The maximum Gasteiger partial charge on any atom is 0.277 e. The van der Waals surface area contributed by atoms with Crippen LogP contribution in [0.3, 0.4) is 0 Å². The lowest BCUT2D eigenvalue weighted by Gasteiger charge is -2.05. The smallest absolute Gasteiger partial charge is 0.277 e.